The highest BCUT2D eigenvalue weighted by atomic mass is 28.3. The lowest BCUT2D eigenvalue weighted by Crippen LogP contribution is -2.38. The van der Waals surface area contributed by atoms with Crippen LogP contribution < -0.4 is 5.19 Å². The lowest BCUT2D eigenvalue weighted by molar-refractivity contribution is -0.124. The number of nitrogens with zero attached hydrogens (tertiary/aromatic N) is 1. The summed E-state index contributed by atoms with van der Waals surface area (Å²) in [6, 6.07) is 25.7. The maximum Gasteiger partial charge on any atom is 0.255 e. The average molecular weight is 444 g/mol. The van der Waals surface area contributed by atoms with Gasteiger partial charge in [0.1, 0.15) is 5.75 Å². The van der Waals surface area contributed by atoms with E-state index in [9.17, 15) is 9.90 Å². The average Bonchev–Trinajstić information content (AvgIpc) is 2.79. The van der Waals surface area contributed by atoms with E-state index in [0.717, 1.165) is 21.9 Å². The first-order valence-electron chi connectivity index (χ1n) is 11.3. The molecule has 0 atom stereocenters. The van der Waals surface area contributed by atoms with Crippen molar-refractivity contribution in [1.29, 1.82) is 0 Å². The highest BCUT2D eigenvalue weighted by molar-refractivity contribution is 6.89. The third kappa shape index (κ3) is 4.86. The Labute approximate surface area is 193 Å². The zero-order valence-electron chi connectivity index (χ0n) is 19.7. The second-order valence-corrected chi connectivity index (χ2v) is 13.9. The van der Waals surface area contributed by atoms with Crippen LogP contribution in [0.15, 0.2) is 78.9 Å². The summed E-state index contributed by atoms with van der Waals surface area (Å²) in [5.74, 6) is 0.254. The van der Waals surface area contributed by atoms with Crippen molar-refractivity contribution in [3.63, 3.8) is 0 Å². The predicted octanol–water partition coefficient (Wildman–Crippen LogP) is 5.76. The van der Waals surface area contributed by atoms with Crippen LogP contribution in [0.2, 0.25) is 19.6 Å². The SMILES string of the molecule is CCN(CC)C(=O)/C(=C(\c1ccccc1)c1cccc([Si](C)(C)C)c1O)c1ccccc1. The summed E-state index contributed by atoms with van der Waals surface area (Å²) in [5, 5.41) is 12.5. The minimum atomic E-state index is -1.80. The molecule has 0 bridgehead atoms. The molecule has 0 aromatic heterocycles. The van der Waals surface area contributed by atoms with Crippen molar-refractivity contribution in [2.75, 3.05) is 13.1 Å². The molecule has 0 saturated carbocycles. The molecule has 0 saturated heterocycles. The zero-order valence-corrected chi connectivity index (χ0v) is 20.7. The second-order valence-electron chi connectivity index (χ2n) is 8.91. The monoisotopic (exact) mass is 443 g/mol. The van der Waals surface area contributed by atoms with Gasteiger partial charge in [-0.15, -0.1) is 0 Å². The van der Waals surface area contributed by atoms with Crippen LogP contribution in [0.4, 0.5) is 0 Å². The number of para-hydroxylation sites is 1. The molecule has 166 valence electrons. The first-order valence-corrected chi connectivity index (χ1v) is 14.8. The lowest BCUT2D eigenvalue weighted by atomic mass is 9.88. The van der Waals surface area contributed by atoms with Gasteiger partial charge in [-0.1, -0.05) is 98.5 Å². The van der Waals surface area contributed by atoms with E-state index in [-0.39, 0.29) is 11.7 Å². The maximum atomic E-state index is 13.9. The quantitative estimate of drug-likeness (QED) is 0.286. The van der Waals surface area contributed by atoms with Crippen LogP contribution in [0.1, 0.15) is 30.5 Å². The van der Waals surface area contributed by atoms with Crippen LogP contribution in [0.3, 0.4) is 0 Å². The van der Waals surface area contributed by atoms with Crippen molar-refractivity contribution in [3.8, 4) is 5.75 Å². The number of likely N-dealkylation sites (N-methyl/N-ethyl adjacent to an activating group) is 1. The normalized spacial score (nSPS) is 12.3. The molecule has 32 heavy (non-hydrogen) atoms. The Bertz CT molecular complexity index is 1100. The highest BCUT2D eigenvalue weighted by Crippen LogP contribution is 2.37. The number of benzene rings is 3. The fourth-order valence-corrected chi connectivity index (χ4v) is 5.48. The summed E-state index contributed by atoms with van der Waals surface area (Å²) in [7, 11) is -1.80. The minimum Gasteiger partial charge on any atom is -0.507 e. The summed E-state index contributed by atoms with van der Waals surface area (Å²) >= 11 is 0. The van der Waals surface area contributed by atoms with Crippen molar-refractivity contribution in [2.45, 2.75) is 33.5 Å². The molecule has 0 aliphatic carbocycles. The molecule has 3 aromatic carbocycles. The fourth-order valence-electron chi connectivity index (χ4n) is 4.04. The van der Waals surface area contributed by atoms with Crippen LogP contribution in [-0.4, -0.2) is 37.1 Å². The number of amides is 1. The van der Waals surface area contributed by atoms with Crippen molar-refractivity contribution >= 4 is 30.3 Å². The standard InChI is InChI=1S/C28H33NO2Si/c1-6-29(7-2)28(31)26(22-17-12-9-13-18-22)25(21-15-10-8-11-16-21)23-19-14-20-24(27(23)30)32(3,4)5/h8-20,30H,6-7H2,1-5H3/b26-25+. The molecule has 1 N–H and O–H groups in total. The van der Waals surface area contributed by atoms with E-state index < -0.39 is 8.07 Å². The van der Waals surface area contributed by atoms with Gasteiger partial charge in [-0.2, -0.15) is 0 Å². The Kier molecular flexibility index (Phi) is 7.36. The van der Waals surface area contributed by atoms with Gasteiger partial charge in [0.2, 0.25) is 0 Å². The van der Waals surface area contributed by atoms with Gasteiger partial charge in [-0.3, -0.25) is 4.79 Å². The summed E-state index contributed by atoms with van der Waals surface area (Å²) in [4.78, 5) is 15.7. The molecule has 0 radical (unpaired) electrons. The van der Waals surface area contributed by atoms with Crippen LogP contribution in [0, 0.1) is 0 Å². The Morgan fingerprint density at radius 3 is 1.81 bits per heavy atom. The number of carbonyl (C=O) groups excluding carboxylic acids is 1. The number of phenols is 1. The van der Waals surface area contributed by atoms with Crippen LogP contribution in [0.5, 0.6) is 5.75 Å². The molecule has 0 spiro atoms. The van der Waals surface area contributed by atoms with Gasteiger partial charge < -0.3 is 10.0 Å². The van der Waals surface area contributed by atoms with E-state index in [1.165, 1.54) is 0 Å². The van der Waals surface area contributed by atoms with Gasteiger partial charge in [0, 0.05) is 24.2 Å². The fraction of sp³-hybridized carbons (Fsp3) is 0.250. The summed E-state index contributed by atoms with van der Waals surface area (Å²) in [6.45, 7) is 11.9. The first-order chi connectivity index (χ1) is 15.3. The van der Waals surface area contributed by atoms with E-state index in [1.54, 1.807) is 0 Å². The largest absolute Gasteiger partial charge is 0.507 e. The number of carbonyl (C=O) groups is 1. The molecular formula is C28H33NO2Si. The Morgan fingerprint density at radius 2 is 1.31 bits per heavy atom. The van der Waals surface area contributed by atoms with Crippen molar-refractivity contribution < 1.29 is 9.90 Å². The molecule has 3 rings (SSSR count). The van der Waals surface area contributed by atoms with Gasteiger partial charge >= 0.3 is 0 Å². The summed E-state index contributed by atoms with van der Waals surface area (Å²) < 4.78 is 0. The Hall–Kier alpha value is -3.11. The second kappa shape index (κ2) is 10.0. The Morgan fingerprint density at radius 1 is 0.781 bits per heavy atom. The topological polar surface area (TPSA) is 40.5 Å². The molecule has 3 aromatic rings. The van der Waals surface area contributed by atoms with Crippen molar-refractivity contribution in [2.24, 2.45) is 0 Å². The molecular weight excluding hydrogens is 410 g/mol. The number of hydrogen-bond donors (Lipinski definition) is 1. The number of phenolic OH excluding ortho intramolecular Hbond substituents is 1. The van der Waals surface area contributed by atoms with Crippen molar-refractivity contribution in [3.05, 3.63) is 95.6 Å². The van der Waals surface area contributed by atoms with Crippen LogP contribution in [0.25, 0.3) is 11.1 Å². The highest BCUT2D eigenvalue weighted by Gasteiger charge is 2.28. The summed E-state index contributed by atoms with van der Waals surface area (Å²) in [6.07, 6.45) is 0. The van der Waals surface area contributed by atoms with Crippen LogP contribution >= 0.6 is 0 Å². The smallest absolute Gasteiger partial charge is 0.255 e. The van der Waals surface area contributed by atoms with E-state index >= 15 is 0 Å². The van der Waals surface area contributed by atoms with Crippen molar-refractivity contribution in [1.82, 2.24) is 4.90 Å². The van der Waals surface area contributed by atoms with Gasteiger partial charge in [0.15, 0.2) is 0 Å². The van der Waals surface area contributed by atoms with Gasteiger partial charge in [-0.05, 0) is 30.2 Å². The van der Waals surface area contributed by atoms with E-state index in [4.69, 9.17) is 0 Å². The van der Waals surface area contributed by atoms with E-state index in [1.807, 2.05) is 97.6 Å². The zero-order chi connectivity index (χ0) is 23.3. The maximum absolute atomic E-state index is 13.9. The molecule has 0 aliphatic heterocycles. The molecule has 0 aliphatic rings. The van der Waals surface area contributed by atoms with Gasteiger partial charge in [0.05, 0.1) is 13.6 Å². The van der Waals surface area contributed by atoms with E-state index in [2.05, 4.69) is 19.6 Å². The molecule has 0 fully saturated rings. The molecule has 4 heteroatoms. The molecule has 0 heterocycles. The first kappa shape index (κ1) is 23.5. The molecule has 1 amide bonds. The third-order valence-corrected chi connectivity index (χ3v) is 7.77. The third-order valence-electron chi connectivity index (χ3n) is 5.75. The lowest BCUT2D eigenvalue weighted by Gasteiger charge is -2.25. The minimum absolute atomic E-state index is 0.0298. The van der Waals surface area contributed by atoms with Gasteiger partial charge in [-0.25, -0.2) is 0 Å². The Balaban J connectivity index is 2.46. The number of rotatable bonds is 7. The van der Waals surface area contributed by atoms with Crippen LogP contribution in [-0.2, 0) is 4.79 Å². The summed E-state index contributed by atoms with van der Waals surface area (Å²) in [5.41, 5.74) is 3.85. The number of hydrogen-bond acceptors (Lipinski definition) is 2. The van der Waals surface area contributed by atoms with Gasteiger partial charge in [0.25, 0.3) is 5.91 Å². The van der Waals surface area contributed by atoms with E-state index in [0.29, 0.717) is 24.2 Å². The molecule has 3 nitrogen and oxygen atoms in total. The predicted molar refractivity (Wildman–Crippen MR) is 138 cm³/mol. The number of aromatic hydroxyl groups is 1. The molecule has 0 unspecified atom stereocenters.